The van der Waals surface area contributed by atoms with Gasteiger partial charge in [0.1, 0.15) is 0 Å². The van der Waals surface area contributed by atoms with E-state index in [0.717, 1.165) is 17.9 Å². The number of amides is 2. The van der Waals surface area contributed by atoms with Gasteiger partial charge in [0, 0.05) is 23.3 Å². The number of benzene rings is 1. The first-order valence-corrected chi connectivity index (χ1v) is 11.3. The van der Waals surface area contributed by atoms with E-state index in [0.29, 0.717) is 12.0 Å². The molecule has 0 saturated heterocycles. The first-order chi connectivity index (χ1) is 9.54. The van der Waals surface area contributed by atoms with Gasteiger partial charge in [-0.2, -0.15) is 0 Å². The van der Waals surface area contributed by atoms with Crippen molar-refractivity contribution in [1.82, 2.24) is 5.32 Å². The van der Waals surface area contributed by atoms with Crippen LogP contribution in [0, 0.1) is 23.3 Å². The summed E-state index contributed by atoms with van der Waals surface area (Å²) in [4.78, 5) is 24.7. The SMILES string of the molecule is CCC(C)(C)C(=O)NC(=O)c1c(I)c(I)c(I)c(I)c1I. The Bertz CT molecular complexity index is 584. The molecule has 1 aromatic rings. The number of hydrogen-bond donors (Lipinski definition) is 1. The van der Waals surface area contributed by atoms with Gasteiger partial charge in [-0.15, -0.1) is 0 Å². The van der Waals surface area contributed by atoms with Gasteiger partial charge in [0.15, 0.2) is 0 Å². The summed E-state index contributed by atoms with van der Waals surface area (Å²) in [7, 11) is 0. The van der Waals surface area contributed by atoms with Gasteiger partial charge in [0.2, 0.25) is 5.91 Å². The molecule has 116 valence electrons. The van der Waals surface area contributed by atoms with Crippen LogP contribution in [0.5, 0.6) is 0 Å². The molecule has 0 aliphatic heterocycles. The Hall–Kier alpha value is 2.01. The minimum Gasteiger partial charge on any atom is -0.292 e. The van der Waals surface area contributed by atoms with Crippen molar-refractivity contribution >= 4 is 125 Å². The Morgan fingerprint density at radius 2 is 1.29 bits per heavy atom. The van der Waals surface area contributed by atoms with Crippen molar-refractivity contribution in [3.05, 3.63) is 23.4 Å². The van der Waals surface area contributed by atoms with E-state index >= 15 is 0 Å². The third kappa shape index (κ3) is 4.76. The zero-order chi connectivity index (χ0) is 16.5. The minimum atomic E-state index is -0.546. The molecule has 0 radical (unpaired) electrons. The van der Waals surface area contributed by atoms with Crippen LogP contribution in [0.15, 0.2) is 0 Å². The predicted molar refractivity (Wildman–Crippen MR) is 127 cm³/mol. The van der Waals surface area contributed by atoms with Crippen molar-refractivity contribution < 1.29 is 9.59 Å². The largest absolute Gasteiger partial charge is 0.292 e. The van der Waals surface area contributed by atoms with Crippen molar-refractivity contribution in [2.75, 3.05) is 0 Å². The molecule has 0 atom stereocenters. The van der Waals surface area contributed by atoms with Gasteiger partial charge in [-0.3, -0.25) is 14.9 Å². The molecule has 0 aliphatic carbocycles. The van der Waals surface area contributed by atoms with Gasteiger partial charge in [-0.25, -0.2) is 0 Å². The Morgan fingerprint density at radius 1 is 0.905 bits per heavy atom. The van der Waals surface area contributed by atoms with E-state index in [1.807, 2.05) is 20.8 Å². The van der Waals surface area contributed by atoms with Crippen LogP contribution in [-0.2, 0) is 4.79 Å². The summed E-state index contributed by atoms with van der Waals surface area (Å²) >= 11 is 11.1. The first kappa shape index (κ1) is 21.1. The van der Waals surface area contributed by atoms with E-state index in [9.17, 15) is 9.59 Å². The molecule has 0 unspecified atom stereocenters. The van der Waals surface area contributed by atoms with Gasteiger partial charge in [0.05, 0.1) is 5.56 Å². The molecule has 0 bridgehead atoms. The quantitative estimate of drug-likeness (QED) is 0.252. The average molecular weight is 849 g/mol. The molecular formula is C13H12I5NO2. The Labute approximate surface area is 192 Å². The van der Waals surface area contributed by atoms with Gasteiger partial charge in [-0.1, -0.05) is 20.8 Å². The van der Waals surface area contributed by atoms with E-state index in [4.69, 9.17) is 0 Å². The third-order valence-electron chi connectivity index (χ3n) is 3.16. The zero-order valence-electron chi connectivity index (χ0n) is 11.4. The van der Waals surface area contributed by atoms with E-state index in [1.165, 1.54) is 0 Å². The van der Waals surface area contributed by atoms with E-state index in [2.05, 4.69) is 118 Å². The van der Waals surface area contributed by atoms with Gasteiger partial charge in [0.25, 0.3) is 5.91 Å². The summed E-state index contributed by atoms with van der Waals surface area (Å²) in [6.07, 6.45) is 0.683. The van der Waals surface area contributed by atoms with E-state index < -0.39 is 5.41 Å². The number of hydrogen-bond acceptors (Lipinski definition) is 2. The molecule has 0 heterocycles. The van der Waals surface area contributed by atoms with Crippen molar-refractivity contribution in [2.24, 2.45) is 5.41 Å². The highest BCUT2D eigenvalue weighted by molar-refractivity contribution is 14.1. The molecule has 0 aliphatic rings. The number of carbonyl (C=O) groups is 2. The van der Waals surface area contributed by atoms with Crippen LogP contribution in [0.2, 0.25) is 0 Å². The molecule has 8 heteroatoms. The van der Waals surface area contributed by atoms with E-state index in [1.54, 1.807) is 0 Å². The summed E-state index contributed by atoms with van der Waals surface area (Å²) in [5, 5.41) is 2.55. The van der Waals surface area contributed by atoms with Crippen LogP contribution in [0.4, 0.5) is 0 Å². The van der Waals surface area contributed by atoms with Crippen molar-refractivity contribution in [2.45, 2.75) is 27.2 Å². The van der Waals surface area contributed by atoms with Crippen LogP contribution >= 0.6 is 113 Å². The smallest absolute Gasteiger partial charge is 0.260 e. The van der Waals surface area contributed by atoms with Gasteiger partial charge >= 0.3 is 0 Å². The number of rotatable bonds is 3. The van der Waals surface area contributed by atoms with Crippen LogP contribution in [0.1, 0.15) is 37.6 Å². The lowest BCUT2D eigenvalue weighted by atomic mass is 9.89. The third-order valence-corrected chi connectivity index (χ3v) is 12.7. The average Bonchev–Trinajstić information content (AvgIpc) is 2.43. The molecule has 3 nitrogen and oxygen atoms in total. The maximum Gasteiger partial charge on any atom is 0.260 e. The molecule has 0 saturated carbocycles. The molecule has 1 aromatic carbocycles. The van der Waals surface area contributed by atoms with Crippen molar-refractivity contribution in [3.63, 3.8) is 0 Å². The fraction of sp³-hybridized carbons (Fsp3) is 0.385. The van der Waals surface area contributed by atoms with Crippen LogP contribution in [0.3, 0.4) is 0 Å². The number of carbonyl (C=O) groups excluding carboxylic acids is 2. The topological polar surface area (TPSA) is 46.2 Å². The molecule has 1 N–H and O–H groups in total. The fourth-order valence-electron chi connectivity index (χ4n) is 1.30. The summed E-state index contributed by atoms with van der Waals surface area (Å²) < 4.78 is 5.01. The Balaban J connectivity index is 3.24. The number of nitrogens with one attached hydrogen (secondary N) is 1. The van der Waals surface area contributed by atoms with Crippen molar-refractivity contribution in [3.8, 4) is 0 Å². The lowest BCUT2D eigenvalue weighted by Gasteiger charge is -2.21. The molecule has 21 heavy (non-hydrogen) atoms. The molecule has 0 spiro atoms. The Kier molecular flexibility index (Phi) is 8.42. The second-order valence-corrected chi connectivity index (χ2v) is 10.4. The second-order valence-electron chi connectivity index (χ2n) is 4.97. The monoisotopic (exact) mass is 849 g/mol. The van der Waals surface area contributed by atoms with E-state index in [-0.39, 0.29) is 11.8 Å². The minimum absolute atomic E-state index is 0.231. The summed E-state index contributed by atoms with van der Waals surface area (Å²) in [6, 6.07) is 0. The highest BCUT2D eigenvalue weighted by Crippen LogP contribution is 2.33. The number of imide groups is 1. The molecule has 2 amide bonds. The molecule has 0 fully saturated rings. The maximum atomic E-state index is 12.5. The fourth-order valence-corrected chi connectivity index (χ4v) is 6.55. The summed E-state index contributed by atoms with van der Waals surface area (Å²) in [5.74, 6) is -0.548. The lowest BCUT2D eigenvalue weighted by molar-refractivity contribution is -0.128. The predicted octanol–water partition coefficient (Wildman–Crippen LogP) is 5.40. The molecular weight excluding hydrogens is 837 g/mol. The molecule has 1 rings (SSSR count). The van der Waals surface area contributed by atoms with Crippen molar-refractivity contribution in [1.29, 1.82) is 0 Å². The van der Waals surface area contributed by atoms with Crippen LogP contribution < -0.4 is 5.32 Å². The number of halogens is 5. The highest BCUT2D eigenvalue weighted by atomic mass is 127. The standard InChI is InChI=1S/C13H12I5NO2/c1-4-13(2,3)12(21)19-11(20)5-6(14)8(16)10(18)9(17)7(5)15/h4H2,1-3H3,(H,19,20,21). The van der Waals surface area contributed by atoms with Gasteiger partial charge < -0.3 is 0 Å². The second kappa shape index (κ2) is 8.40. The maximum absolute atomic E-state index is 12.5. The van der Waals surface area contributed by atoms with Gasteiger partial charge in [-0.05, 0) is 119 Å². The lowest BCUT2D eigenvalue weighted by Crippen LogP contribution is -2.41. The molecule has 0 aromatic heterocycles. The van der Waals surface area contributed by atoms with Crippen LogP contribution in [0.25, 0.3) is 0 Å². The zero-order valence-corrected chi connectivity index (χ0v) is 22.2. The highest BCUT2D eigenvalue weighted by Gasteiger charge is 2.29. The summed E-state index contributed by atoms with van der Waals surface area (Å²) in [6.45, 7) is 5.62. The Morgan fingerprint density at radius 3 is 1.67 bits per heavy atom. The normalized spacial score (nSPS) is 11.4. The summed E-state index contributed by atoms with van der Waals surface area (Å²) in [5.41, 5.74) is 0.0430. The first-order valence-electron chi connectivity index (χ1n) is 5.91. The van der Waals surface area contributed by atoms with Crippen LogP contribution in [-0.4, -0.2) is 11.8 Å².